The lowest BCUT2D eigenvalue weighted by atomic mass is 10.2. The molecule has 0 saturated carbocycles. The molecule has 0 radical (unpaired) electrons. The van der Waals surface area contributed by atoms with E-state index in [2.05, 4.69) is 23.2 Å². The summed E-state index contributed by atoms with van der Waals surface area (Å²) >= 11 is 0. The summed E-state index contributed by atoms with van der Waals surface area (Å²) in [7, 11) is 1.96. The molecule has 3 rings (SSSR count). The fraction of sp³-hybridized carbons (Fsp3) is 0.143. The molecule has 96 valence electrons. The highest BCUT2D eigenvalue weighted by Gasteiger charge is 2.14. The van der Waals surface area contributed by atoms with Gasteiger partial charge in [-0.3, -0.25) is 5.10 Å². The van der Waals surface area contributed by atoms with Crippen molar-refractivity contribution in [1.29, 1.82) is 0 Å². The van der Waals surface area contributed by atoms with Crippen molar-refractivity contribution in [1.82, 2.24) is 14.8 Å². The highest BCUT2D eigenvalue weighted by molar-refractivity contribution is 5.90. The van der Waals surface area contributed by atoms with E-state index in [0.29, 0.717) is 5.69 Å². The van der Waals surface area contributed by atoms with E-state index in [1.165, 1.54) is 5.56 Å². The van der Waals surface area contributed by atoms with Gasteiger partial charge in [0.2, 0.25) is 0 Å². The van der Waals surface area contributed by atoms with Crippen LogP contribution >= 0.6 is 0 Å². The average Bonchev–Trinajstić information content (AvgIpc) is 2.95. The van der Waals surface area contributed by atoms with Gasteiger partial charge in [0.25, 0.3) is 0 Å². The Morgan fingerprint density at radius 2 is 2.16 bits per heavy atom. The van der Waals surface area contributed by atoms with E-state index < -0.39 is 5.97 Å². The van der Waals surface area contributed by atoms with Crippen molar-refractivity contribution >= 4 is 16.9 Å². The molecule has 0 spiro atoms. The number of carbonyl (C=O) groups is 1. The van der Waals surface area contributed by atoms with Gasteiger partial charge in [-0.15, -0.1) is 0 Å². The maximum atomic E-state index is 10.9. The first-order valence-electron chi connectivity index (χ1n) is 5.92. The smallest absolute Gasteiger partial charge is 0.353 e. The first kappa shape index (κ1) is 11.5. The number of benzene rings is 1. The van der Waals surface area contributed by atoms with E-state index in [9.17, 15) is 4.79 Å². The number of fused-ring (bicyclic) bond motifs is 1. The van der Waals surface area contributed by atoms with Crippen molar-refractivity contribution in [2.75, 3.05) is 0 Å². The minimum atomic E-state index is -1.01. The Labute approximate surface area is 109 Å². The van der Waals surface area contributed by atoms with E-state index in [4.69, 9.17) is 5.11 Å². The topological polar surface area (TPSA) is 70.9 Å². The third-order valence-electron chi connectivity index (χ3n) is 3.33. The van der Waals surface area contributed by atoms with E-state index in [-0.39, 0.29) is 5.69 Å². The van der Waals surface area contributed by atoms with Gasteiger partial charge >= 0.3 is 5.97 Å². The SMILES string of the molecule is Cc1cccc2cc(-c3cc(C(=O)O)[nH]n3)n(C)c12. The van der Waals surface area contributed by atoms with Crippen molar-refractivity contribution in [2.45, 2.75) is 6.92 Å². The molecule has 0 amide bonds. The number of aromatic carboxylic acids is 1. The van der Waals surface area contributed by atoms with Crippen LogP contribution in [0.25, 0.3) is 22.3 Å². The zero-order valence-electron chi connectivity index (χ0n) is 10.6. The molecule has 0 fully saturated rings. The second-order valence-electron chi connectivity index (χ2n) is 4.57. The molecule has 0 bridgehead atoms. The molecule has 5 heteroatoms. The molecule has 3 aromatic rings. The molecular formula is C14H13N3O2. The Bertz CT molecular complexity index is 783. The van der Waals surface area contributed by atoms with Crippen LogP contribution in [-0.2, 0) is 7.05 Å². The van der Waals surface area contributed by atoms with Gasteiger partial charge in [-0.25, -0.2) is 4.79 Å². The number of hydrogen-bond acceptors (Lipinski definition) is 2. The van der Waals surface area contributed by atoms with Crippen LogP contribution in [0, 0.1) is 6.92 Å². The summed E-state index contributed by atoms with van der Waals surface area (Å²) in [5.41, 5.74) is 3.94. The fourth-order valence-corrected chi connectivity index (χ4v) is 2.43. The summed E-state index contributed by atoms with van der Waals surface area (Å²) in [5.74, 6) is -1.01. The van der Waals surface area contributed by atoms with E-state index >= 15 is 0 Å². The fourth-order valence-electron chi connectivity index (χ4n) is 2.43. The summed E-state index contributed by atoms with van der Waals surface area (Å²) < 4.78 is 2.03. The molecule has 19 heavy (non-hydrogen) atoms. The van der Waals surface area contributed by atoms with E-state index in [1.807, 2.05) is 29.8 Å². The largest absolute Gasteiger partial charge is 0.477 e. The number of hydrogen-bond donors (Lipinski definition) is 2. The number of nitrogens with one attached hydrogen (secondary N) is 1. The Morgan fingerprint density at radius 3 is 2.79 bits per heavy atom. The first-order valence-corrected chi connectivity index (χ1v) is 5.92. The van der Waals surface area contributed by atoms with Gasteiger partial charge in [-0.1, -0.05) is 18.2 Å². The monoisotopic (exact) mass is 255 g/mol. The van der Waals surface area contributed by atoms with E-state index in [1.54, 1.807) is 6.07 Å². The summed E-state index contributed by atoms with van der Waals surface area (Å²) in [5, 5.41) is 16.6. The van der Waals surface area contributed by atoms with Crippen LogP contribution in [0.1, 0.15) is 16.1 Å². The molecule has 0 aliphatic carbocycles. The molecule has 2 heterocycles. The third-order valence-corrected chi connectivity index (χ3v) is 3.33. The Hall–Kier alpha value is -2.56. The quantitative estimate of drug-likeness (QED) is 0.739. The number of carboxylic acid groups (broad SMARTS) is 1. The van der Waals surface area contributed by atoms with Crippen LogP contribution in [0.5, 0.6) is 0 Å². The van der Waals surface area contributed by atoms with Crippen molar-refractivity contribution in [3.05, 3.63) is 41.6 Å². The summed E-state index contributed by atoms with van der Waals surface area (Å²) in [4.78, 5) is 10.9. The molecule has 2 aromatic heterocycles. The number of H-pyrrole nitrogens is 1. The third kappa shape index (κ3) is 1.71. The van der Waals surface area contributed by atoms with Gasteiger partial charge in [0, 0.05) is 18.5 Å². The van der Waals surface area contributed by atoms with Gasteiger partial charge in [-0.05, 0) is 18.6 Å². The summed E-state index contributed by atoms with van der Waals surface area (Å²) in [6.45, 7) is 2.05. The highest BCUT2D eigenvalue weighted by Crippen LogP contribution is 2.28. The lowest BCUT2D eigenvalue weighted by molar-refractivity contribution is 0.0690. The van der Waals surface area contributed by atoms with Crippen LogP contribution < -0.4 is 0 Å². The number of aryl methyl sites for hydroxylation is 2. The van der Waals surface area contributed by atoms with Gasteiger partial charge in [-0.2, -0.15) is 5.10 Å². The maximum Gasteiger partial charge on any atom is 0.353 e. The van der Waals surface area contributed by atoms with Gasteiger partial charge in [0.05, 0.1) is 11.2 Å². The van der Waals surface area contributed by atoms with Crippen LogP contribution in [0.2, 0.25) is 0 Å². The Kier molecular flexibility index (Phi) is 2.41. The predicted molar refractivity (Wildman–Crippen MR) is 72.2 cm³/mol. The van der Waals surface area contributed by atoms with Crippen LogP contribution in [0.4, 0.5) is 0 Å². The average molecular weight is 255 g/mol. The number of nitrogens with zero attached hydrogens (tertiary/aromatic N) is 2. The number of aromatic nitrogens is 3. The maximum absolute atomic E-state index is 10.9. The summed E-state index contributed by atoms with van der Waals surface area (Å²) in [6, 6.07) is 9.67. The lowest BCUT2D eigenvalue weighted by Gasteiger charge is -2.03. The summed E-state index contributed by atoms with van der Waals surface area (Å²) in [6.07, 6.45) is 0. The van der Waals surface area contributed by atoms with E-state index in [0.717, 1.165) is 16.6 Å². The molecule has 0 saturated heterocycles. The van der Waals surface area contributed by atoms with Crippen LogP contribution in [0.15, 0.2) is 30.3 Å². The molecule has 2 N–H and O–H groups in total. The number of carboxylic acids is 1. The number of aromatic amines is 1. The zero-order chi connectivity index (χ0) is 13.6. The normalized spacial score (nSPS) is 11.1. The first-order chi connectivity index (χ1) is 9.08. The lowest BCUT2D eigenvalue weighted by Crippen LogP contribution is -1.95. The van der Waals surface area contributed by atoms with Crippen LogP contribution in [0.3, 0.4) is 0 Å². The number of rotatable bonds is 2. The van der Waals surface area contributed by atoms with Gasteiger partial charge in [0.1, 0.15) is 11.4 Å². The van der Waals surface area contributed by atoms with Crippen molar-refractivity contribution in [3.8, 4) is 11.4 Å². The zero-order valence-corrected chi connectivity index (χ0v) is 10.6. The molecular weight excluding hydrogens is 242 g/mol. The van der Waals surface area contributed by atoms with Crippen molar-refractivity contribution in [3.63, 3.8) is 0 Å². The molecule has 0 unspecified atom stereocenters. The standard InChI is InChI=1S/C14H13N3O2/c1-8-4-3-5-9-6-12(17(2)13(8)9)10-7-11(14(18)19)16-15-10/h3-7H,1-2H3,(H,15,16)(H,18,19). The second-order valence-corrected chi connectivity index (χ2v) is 4.57. The predicted octanol–water partition coefficient (Wildman–Crippen LogP) is 2.58. The number of para-hydroxylation sites is 1. The van der Waals surface area contributed by atoms with Gasteiger partial charge in [0.15, 0.2) is 0 Å². The Balaban J connectivity index is 2.22. The minimum Gasteiger partial charge on any atom is -0.477 e. The molecule has 1 aromatic carbocycles. The van der Waals surface area contributed by atoms with Crippen molar-refractivity contribution in [2.24, 2.45) is 7.05 Å². The molecule has 5 nitrogen and oxygen atoms in total. The second kappa shape index (κ2) is 3.98. The van der Waals surface area contributed by atoms with Crippen molar-refractivity contribution < 1.29 is 9.90 Å². The Morgan fingerprint density at radius 1 is 1.37 bits per heavy atom. The molecule has 0 atom stereocenters. The highest BCUT2D eigenvalue weighted by atomic mass is 16.4. The molecule has 0 aliphatic rings. The van der Waals surface area contributed by atoms with Gasteiger partial charge < -0.3 is 9.67 Å². The molecule has 0 aliphatic heterocycles. The van der Waals surface area contributed by atoms with Crippen LogP contribution in [-0.4, -0.2) is 25.8 Å². The minimum absolute atomic E-state index is 0.0944.